The quantitative estimate of drug-likeness (QED) is 0.864. The van der Waals surface area contributed by atoms with E-state index in [1.165, 1.54) is 12.1 Å². The van der Waals surface area contributed by atoms with Crippen molar-refractivity contribution in [3.05, 3.63) is 29.8 Å². The molecule has 2 N–H and O–H groups in total. The lowest BCUT2D eigenvalue weighted by molar-refractivity contribution is 0.0490. The lowest BCUT2D eigenvalue weighted by Crippen LogP contribution is -2.34. The smallest absolute Gasteiger partial charge is 0.407 e. The molecule has 0 aliphatic rings. The maximum absolute atomic E-state index is 12.6. The molecule has 0 fully saturated rings. The number of nitrogens with one attached hydrogen (secondary N) is 1. The molecule has 1 rings (SSSR count). The van der Waals surface area contributed by atoms with Gasteiger partial charge in [-0.05, 0) is 32.9 Å². The van der Waals surface area contributed by atoms with Crippen LogP contribution in [-0.2, 0) is 4.74 Å². The second-order valence-corrected chi connectivity index (χ2v) is 4.80. The molecule has 1 unspecified atom stereocenters. The number of halogens is 1. The Bertz CT molecular complexity index is 401. The first-order valence-corrected chi connectivity index (χ1v) is 5.54. The highest BCUT2D eigenvalue weighted by Gasteiger charge is 2.17. The van der Waals surface area contributed by atoms with Gasteiger partial charge in [-0.1, -0.05) is 0 Å². The average molecular weight is 256 g/mol. The van der Waals surface area contributed by atoms with E-state index in [9.17, 15) is 14.3 Å². The molecule has 0 saturated heterocycles. The Hall–Kier alpha value is -1.69. The number of amides is 1. The van der Waals surface area contributed by atoms with Crippen LogP contribution in [0.5, 0.6) is 0 Å². The van der Waals surface area contributed by atoms with E-state index in [2.05, 4.69) is 10.3 Å². The Morgan fingerprint density at radius 3 is 2.72 bits per heavy atom. The number of hydrogen-bond acceptors (Lipinski definition) is 4. The molecule has 1 amide bonds. The van der Waals surface area contributed by atoms with Gasteiger partial charge >= 0.3 is 6.09 Å². The SMILES string of the molecule is CC(C)(C)OC(=O)NCC(O)c1ccc(F)cn1. The summed E-state index contributed by atoms with van der Waals surface area (Å²) in [6, 6.07) is 2.55. The van der Waals surface area contributed by atoms with Gasteiger partial charge in [-0.3, -0.25) is 4.98 Å². The van der Waals surface area contributed by atoms with Crippen molar-refractivity contribution in [3.63, 3.8) is 0 Å². The van der Waals surface area contributed by atoms with Crippen molar-refractivity contribution in [2.75, 3.05) is 6.54 Å². The third-order valence-corrected chi connectivity index (χ3v) is 1.93. The largest absolute Gasteiger partial charge is 0.444 e. The number of hydrogen-bond donors (Lipinski definition) is 2. The topological polar surface area (TPSA) is 71.5 Å². The number of carbonyl (C=O) groups is 1. The number of carbonyl (C=O) groups excluding carboxylic acids is 1. The fourth-order valence-corrected chi connectivity index (χ4v) is 1.18. The summed E-state index contributed by atoms with van der Waals surface area (Å²) in [4.78, 5) is 15.0. The third-order valence-electron chi connectivity index (χ3n) is 1.93. The van der Waals surface area contributed by atoms with Gasteiger partial charge in [0.05, 0.1) is 18.4 Å². The van der Waals surface area contributed by atoms with E-state index in [1.807, 2.05) is 0 Å². The molecule has 0 bridgehead atoms. The molecule has 1 heterocycles. The molecule has 0 aliphatic carbocycles. The third kappa shape index (κ3) is 5.09. The zero-order valence-electron chi connectivity index (χ0n) is 10.6. The summed E-state index contributed by atoms with van der Waals surface area (Å²) < 4.78 is 17.6. The number of alkyl carbamates (subject to hydrolysis) is 1. The van der Waals surface area contributed by atoms with Crippen LogP contribution in [0.1, 0.15) is 32.6 Å². The van der Waals surface area contributed by atoms with E-state index < -0.39 is 23.6 Å². The van der Waals surface area contributed by atoms with Crippen molar-refractivity contribution >= 4 is 6.09 Å². The summed E-state index contributed by atoms with van der Waals surface area (Å²) in [5.74, 6) is -0.481. The van der Waals surface area contributed by atoms with E-state index in [0.717, 1.165) is 6.20 Å². The summed E-state index contributed by atoms with van der Waals surface area (Å²) >= 11 is 0. The van der Waals surface area contributed by atoms with Gasteiger partial charge in [0, 0.05) is 0 Å². The van der Waals surface area contributed by atoms with Crippen LogP contribution in [0.15, 0.2) is 18.3 Å². The zero-order valence-corrected chi connectivity index (χ0v) is 10.6. The maximum atomic E-state index is 12.6. The Kier molecular flexibility index (Phi) is 4.61. The van der Waals surface area contributed by atoms with Gasteiger partial charge in [-0.2, -0.15) is 0 Å². The Morgan fingerprint density at radius 1 is 1.56 bits per heavy atom. The molecule has 0 saturated carbocycles. The maximum Gasteiger partial charge on any atom is 0.407 e. The van der Waals surface area contributed by atoms with Crippen molar-refractivity contribution in [1.29, 1.82) is 0 Å². The Labute approximate surface area is 105 Å². The van der Waals surface area contributed by atoms with E-state index in [1.54, 1.807) is 20.8 Å². The molecule has 1 aromatic rings. The van der Waals surface area contributed by atoms with E-state index in [4.69, 9.17) is 4.74 Å². The van der Waals surface area contributed by atoms with Crippen molar-refractivity contribution in [1.82, 2.24) is 10.3 Å². The van der Waals surface area contributed by atoms with Crippen molar-refractivity contribution < 1.29 is 19.0 Å². The molecule has 0 aliphatic heterocycles. The van der Waals surface area contributed by atoms with E-state index in [0.29, 0.717) is 0 Å². The molecule has 0 spiro atoms. The average Bonchev–Trinajstić information content (AvgIpc) is 2.24. The van der Waals surface area contributed by atoms with Crippen LogP contribution in [0.2, 0.25) is 0 Å². The van der Waals surface area contributed by atoms with Crippen LogP contribution in [0.3, 0.4) is 0 Å². The molecule has 6 heteroatoms. The highest BCUT2D eigenvalue weighted by Crippen LogP contribution is 2.10. The number of nitrogens with zero attached hydrogens (tertiary/aromatic N) is 1. The predicted molar refractivity (Wildman–Crippen MR) is 63.4 cm³/mol. The van der Waals surface area contributed by atoms with Gasteiger partial charge in [0.25, 0.3) is 0 Å². The second kappa shape index (κ2) is 5.77. The first-order chi connectivity index (χ1) is 8.28. The fourth-order valence-electron chi connectivity index (χ4n) is 1.18. The highest BCUT2D eigenvalue weighted by molar-refractivity contribution is 5.67. The van der Waals surface area contributed by atoms with Gasteiger partial charge in [0.15, 0.2) is 0 Å². The summed E-state index contributed by atoms with van der Waals surface area (Å²) in [5, 5.41) is 12.1. The van der Waals surface area contributed by atoms with Crippen LogP contribution >= 0.6 is 0 Å². The van der Waals surface area contributed by atoms with Crippen LogP contribution < -0.4 is 5.32 Å². The Morgan fingerprint density at radius 2 is 2.22 bits per heavy atom. The minimum absolute atomic E-state index is 0.0481. The van der Waals surface area contributed by atoms with Gasteiger partial charge < -0.3 is 15.2 Å². The van der Waals surface area contributed by atoms with E-state index in [-0.39, 0.29) is 12.2 Å². The van der Waals surface area contributed by atoms with Crippen LogP contribution in [0.4, 0.5) is 9.18 Å². The Balaban J connectivity index is 2.44. The first kappa shape index (κ1) is 14.4. The number of aromatic nitrogens is 1. The molecule has 18 heavy (non-hydrogen) atoms. The minimum atomic E-state index is -1.00. The molecule has 0 aromatic carbocycles. The van der Waals surface area contributed by atoms with Crippen molar-refractivity contribution in [2.24, 2.45) is 0 Å². The van der Waals surface area contributed by atoms with Crippen molar-refractivity contribution in [2.45, 2.75) is 32.5 Å². The van der Waals surface area contributed by atoms with Gasteiger partial charge in [-0.25, -0.2) is 9.18 Å². The van der Waals surface area contributed by atoms with E-state index >= 15 is 0 Å². The molecule has 100 valence electrons. The number of aliphatic hydroxyl groups is 1. The number of pyridine rings is 1. The van der Waals surface area contributed by atoms with Crippen LogP contribution in [0.25, 0.3) is 0 Å². The number of rotatable bonds is 3. The van der Waals surface area contributed by atoms with Crippen LogP contribution in [-0.4, -0.2) is 28.3 Å². The highest BCUT2D eigenvalue weighted by atomic mass is 19.1. The molecule has 1 aromatic heterocycles. The summed E-state index contributed by atoms with van der Waals surface area (Å²) in [6.45, 7) is 5.17. The number of ether oxygens (including phenoxy) is 1. The van der Waals surface area contributed by atoms with Gasteiger partial charge in [0.2, 0.25) is 0 Å². The normalized spacial score (nSPS) is 12.9. The monoisotopic (exact) mass is 256 g/mol. The number of aliphatic hydroxyl groups excluding tert-OH is 1. The first-order valence-electron chi connectivity index (χ1n) is 5.54. The van der Waals surface area contributed by atoms with Gasteiger partial charge in [-0.15, -0.1) is 0 Å². The predicted octanol–water partition coefficient (Wildman–Crippen LogP) is 1.78. The molecule has 1 atom stereocenters. The lowest BCUT2D eigenvalue weighted by Gasteiger charge is -2.20. The molecule has 5 nitrogen and oxygen atoms in total. The van der Waals surface area contributed by atoms with Gasteiger partial charge in [0.1, 0.15) is 17.5 Å². The minimum Gasteiger partial charge on any atom is -0.444 e. The van der Waals surface area contributed by atoms with Crippen molar-refractivity contribution in [3.8, 4) is 0 Å². The zero-order chi connectivity index (χ0) is 13.8. The summed E-state index contributed by atoms with van der Waals surface area (Å²) in [6.07, 6.45) is -0.617. The summed E-state index contributed by atoms with van der Waals surface area (Å²) in [7, 11) is 0. The summed E-state index contributed by atoms with van der Waals surface area (Å²) in [5.41, 5.74) is -0.309. The van der Waals surface area contributed by atoms with Crippen LogP contribution in [0, 0.1) is 5.82 Å². The lowest BCUT2D eigenvalue weighted by atomic mass is 10.2. The second-order valence-electron chi connectivity index (χ2n) is 4.80. The molecular weight excluding hydrogens is 239 g/mol. The molecular formula is C12H17FN2O3. The molecule has 0 radical (unpaired) electrons. The fraction of sp³-hybridized carbons (Fsp3) is 0.500. The standard InChI is InChI=1S/C12H17FN2O3/c1-12(2,3)18-11(17)15-7-10(16)9-5-4-8(13)6-14-9/h4-6,10,16H,7H2,1-3H3,(H,15,17).